The zero-order valence-electron chi connectivity index (χ0n) is 12.9. The molecule has 2 N–H and O–H groups in total. The standard InChI is InChI=1S/C17H18Cl2N2OS/c1-11-14-5-7-23-16(14)4-6-21(11)10-17(22)20-9-12-2-3-13(18)8-15(12)19/h2-3,5,7-8,11H,4,6,9-10H2,1H3,(H,20,22)/p+1/t11-/m1/s1. The van der Waals surface area contributed by atoms with E-state index in [2.05, 4.69) is 23.7 Å². The van der Waals surface area contributed by atoms with Crippen molar-refractivity contribution in [2.24, 2.45) is 0 Å². The average Bonchev–Trinajstić information content (AvgIpc) is 2.98. The fourth-order valence-electron chi connectivity index (χ4n) is 3.02. The number of quaternary nitrogens is 1. The Balaban J connectivity index is 1.56. The van der Waals surface area contributed by atoms with Gasteiger partial charge in [0.1, 0.15) is 6.04 Å². The third-order valence-electron chi connectivity index (χ3n) is 4.41. The van der Waals surface area contributed by atoms with Gasteiger partial charge < -0.3 is 10.2 Å². The summed E-state index contributed by atoms with van der Waals surface area (Å²) in [5, 5.41) is 6.29. The van der Waals surface area contributed by atoms with Gasteiger partial charge in [0.05, 0.1) is 6.54 Å². The van der Waals surface area contributed by atoms with Crippen LogP contribution in [0.1, 0.15) is 29.0 Å². The SMILES string of the molecule is C[C@@H]1c2ccsc2CC[NH+]1CC(=O)NCc1ccc(Cl)cc1Cl. The summed E-state index contributed by atoms with van der Waals surface area (Å²) in [6.07, 6.45) is 1.06. The van der Waals surface area contributed by atoms with E-state index in [-0.39, 0.29) is 5.91 Å². The Bertz CT molecular complexity index is 716. The highest BCUT2D eigenvalue weighted by molar-refractivity contribution is 7.10. The van der Waals surface area contributed by atoms with Crippen molar-refractivity contribution in [1.29, 1.82) is 0 Å². The smallest absolute Gasteiger partial charge is 0.275 e. The molecule has 0 radical (unpaired) electrons. The van der Waals surface area contributed by atoms with Gasteiger partial charge in [-0.25, -0.2) is 0 Å². The van der Waals surface area contributed by atoms with Crippen LogP contribution < -0.4 is 10.2 Å². The molecule has 1 aromatic heterocycles. The van der Waals surface area contributed by atoms with Crippen molar-refractivity contribution in [3.05, 3.63) is 55.7 Å². The van der Waals surface area contributed by atoms with Crippen molar-refractivity contribution in [2.45, 2.75) is 25.9 Å². The monoisotopic (exact) mass is 369 g/mol. The lowest BCUT2D eigenvalue weighted by atomic mass is 10.0. The summed E-state index contributed by atoms with van der Waals surface area (Å²) in [6, 6.07) is 7.88. The lowest BCUT2D eigenvalue weighted by Gasteiger charge is -2.29. The zero-order chi connectivity index (χ0) is 16.4. The number of hydrogen-bond donors (Lipinski definition) is 2. The highest BCUT2D eigenvalue weighted by Gasteiger charge is 2.29. The quantitative estimate of drug-likeness (QED) is 0.853. The molecule has 3 rings (SSSR count). The average molecular weight is 370 g/mol. The Morgan fingerprint density at radius 2 is 2.22 bits per heavy atom. The number of carbonyl (C=O) groups excluding carboxylic acids is 1. The molecule has 122 valence electrons. The summed E-state index contributed by atoms with van der Waals surface area (Å²) < 4.78 is 0. The lowest BCUT2D eigenvalue weighted by Crippen LogP contribution is -3.14. The molecule has 2 heterocycles. The first-order valence-electron chi connectivity index (χ1n) is 7.66. The van der Waals surface area contributed by atoms with Crippen molar-refractivity contribution in [2.75, 3.05) is 13.1 Å². The summed E-state index contributed by atoms with van der Waals surface area (Å²) in [4.78, 5) is 15.0. The van der Waals surface area contributed by atoms with Crippen molar-refractivity contribution in [3.8, 4) is 0 Å². The molecule has 2 aromatic rings. The van der Waals surface area contributed by atoms with E-state index in [1.165, 1.54) is 15.3 Å². The molecule has 1 aliphatic rings. The van der Waals surface area contributed by atoms with Crippen LogP contribution in [0.4, 0.5) is 0 Å². The molecule has 0 bridgehead atoms. The van der Waals surface area contributed by atoms with E-state index in [0.717, 1.165) is 18.5 Å². The molecular weight excluding hydrogens is 351 g/mol. The molecule has 0 spiro atoms. The second-order valence-electron chi connectivity index (χ2n) is 5.87. The molecule has 6 heteroatoms. The van der Waals surface area contributed by atoms with Gasteiger partial charge in [-0.2, -0.15) is 0 Å². The van der Waals surface area contributed by atoms with Crippen LogP contribution in [0, 0.1) is 0 Å². The van der Waals surface area contributed by atoms with Crippen LogP contribution in [0.25, 0.3) is 0 Å². The summed E-state index contributed by atoms with van der Waals surface area (Å²) in [6.45, 7) is 4.12. The van der Waals surface area contributed by atoms with Crippen LogP contribution in [0.2, 0.25) is 10.0 Å². The second kappa shape index (κ2) is 7.22. The zero-order valence-corrected chi connectivity index (χ0v) is 15.2. The molecule has 1 amide bonds. The number of halogens is 2. The predicted octanol–water partition coefficient (Wildman–Crippen LogP) is 2.87. The van der Waals surface area contributed by atoms with Gasteiger partial charge >= 0.3 is 0 Å². The summed E-state index contributed by atoms with van der Waals surface area (Å²) in [5.74, 6) is 0.0524. The first-order valence-corrected chi connectivity index (χ1v) is 9.29. The Morgan fingerprint density at radius 3 is 3.00 bits per heavy atom. The third kappa shape index (κ3) is 3.89. The Morgan fingerprint density at radius 1 is 1.39 bits per heavy atom. The van der Waals surface area contributed by atoms with E-state index in [4.69, 9.17) is 23.2 Å². The number of nitrogens with one attached hydrogen (secondary N) is 2. The van der Waals surface area contributed by atoms with Crippen LogP contribution in [0.15, 0.2) is 29.6 Å². The predicted molar refractivity (Wildman–Crippen MR) is 95.4 cm³/mol. The van der Waals surface area contributed by atoms with Crippen LogP contribution in [-0.4, -0.2) is 19.0 Å². The topological polar surface area (TPSA) is 33.5 Å². The van der Waals surface area contributed by atoms with Crippen molar-refractivity contribution in [1.82, 2.24) is 5.32 Å². The maximum atomic E-state index is 12.3. The van der Waals surface area contributed by atoms with E-state index < -0.39 is 0 Å². The minimum atomic E-state index is 0.0524. The summed E-state index contributed by atoms with van der Waals surface area (Å²) >= 11 is 13.8. The first kappa shape index (κ1) is 16.8. The highest BCUT2D eigenvalue weighted by Crippen LogP contribution is 2.24. The van der Waals surface area contributed by atoms with Gasteiger partial charge in [0.25, 0.3) is 5.91 Å². The number of hydrogen-bond acceptors (Lipinski definition) is 2. The highest BCUT2D eigenvalue weighted by atomic mass is 35.5. The minimum absolute atomic E-state index is 0.0524. The van der Waals surface area contributed by atoms with Gasteiger partial charge in [0.15, 0.2) is 6.54 Å². The molecule has 3 nitrogen and oxygen atoms in total. The number of rotatable bonds is 4. The Labute approximate surface area is 150 Å². The summed E-state index contributed by atoms with van der Waals surface area (Å²) in [5.41, 5.74) is 2.27. The normalized spacial score (nSPS) is 20.1. The van der Waals surface area contributed by atoms with Crippen LogP contribution in [0.5, 0.6) is 0 Å². The largest absolute Gasteiger partial charge is 0.347 e. The van der Waals surface area contributed by atoms with Crippen LogP contribution in [0.3, 0.4) is 0 Å². The molecule has 0 saturated heterocycles. The molecule has 1 aliphatic heterocycles. The van der Waals surface area contributed by atoms with E-state index in [1.54, 1.807) is 12.1 Å². The Hall–Kier alpha value is -1.07. The number of carbonyl (C=O) groups is 1. The fraction of sp³-hybridized carbons (Fsp3) is 0.353. The molecule has 23 heavy (non-hydrogen) atoms. The van der Waals surface area contributed by atoms with Crippen molar-refractivity contribution >= 4 is 40.4 Å². The molecule has 0 fully saturated rings. The number of fused-ring (bicyclic) bond motifs is 1. The van der Waals surface area contributed by atoms with Gasteiger partial charge in [-0.15, -0.1) is 11.3 Å². The molecule has 1 unspecified atom stereocenters. The van der Waals surface area contributed by atoms with E-state index >= 15 is 0 Å². The molecule has 1 aromatic carbocycles. The van der Waals surface area contributed by atoms with Crippen molar-refractivity contribution in [3.63, 3.8) is 0 Å². The number of amides is 1. The molecule has 2 atom stereocenters. The van der Waals surface area contributed by atoms with Crippen molar-refractivity contribution < 1.29 is 9.69 Å². The van der Waals surface area contributed by atoms with Gasteiger partial charge in [-0.1, -0.05) is 29.3 Å². The Kier molecular flexibility index (Phi) is 5.27. The minimum Gasteiger partial charge on any atom is -0.347 e. The molecule has 0 saturated carbocycles. The van der Waals surface area contributed by atoms with E-state index in [0.29, 0.717) is 29.2 Å². The fourth-order valence-corrected chi connectivity index (χ4v) is 4.47. The van der Waals surface area contributed by atoms with Gasteiger partial charge in [-0.3, -0.25) is 4.79 Å². The van der Waals surface area contributed by atoms with E-state index in [9.17, 15) is 4.79 Å². The van der Waals surface area contributed by atoms with Crippen LogP contribution in [-0.2, 0) is 17.8 Å². The van der Waals surface area contributed by atoms with Gasteiger partial charge in [0, 0.05) is 33.5 Å². The second-order valence-corrected chi connectivity index (χ2v) is 7.71. The van der Waals surface area contributed by atoms with Crippen LogP contribution >= 0.6 is 34.5 Å². The maximum absolute atomic E-state index is 12.3. The molecule has 0 aliphatic carbocycles. The first-order chi connectivity index (χ1) is 11.0. The van der Waals surface area contributed by atoms with Gasteiger partial charge in [0.2, 0.25) is 0 Å². The number of benzene rings is 1. The summed E-state index contributed by atoms with van der Waals surface area (Å²) in [7, 11) is 0. The van der Waals surface area contributed by atoms with Gasteiger partial charge in [-0.05, 0) is 36.1 Å². The molecular formula is C17H19Cl2N2OS+. The lowest BCUT2D eigenvalue weighted by molar-refractivity contribution is -0.924. The third-order valence-corrected chi connectivity index (χ3v) is 5.99. The maximum Gasteiger partial charge on any atom is 0.275 e. The van der Waals surface area contributed by atoms with E-state index in [1.807, 2.05) is 17.4 Å². The number of thiophene rings is 1.